The van der Waals surface area contributed by atoms with Crippen LogP contribution in [-0.4, -0.2) is 18.3 Å². The number of hydrogen-bond acceptors (Lipinski definition) is 3. The Hall–Kier alpha value is -1.16. The molecule has 0 bridgehead atoms. The van der Waals surface area contributed by atoms with Gasteiger partial charge in [-0.3, -0.25) is 0 Å². The fourth-order valence-corrected chi connectivity index (χ4v) is 2.96. The Morgan fingerprint density at radius 2 is 1.79 bits per heavy atom. The van der Waals surface area contributed by atoms with Crippen LogP contribution in [0.3, 0.4) is 0 Å². The first-order valence-corrected chi connectivity index (χ1v) is 7.67. The van der Waals surface area contributed by atoms with E-state index in [-0.39, 0.29) is 0 Å². The molecule has 1 aromatic heterocycles. The van der Waals surface area contributed by atoms with Gasteiger partial charge in [-0.15, -0.1) is 11.3 Å². The number of aliphatic hydroxyl groups is 1. The zero-order chi connectivity index (χ0) is 13.3. The van der Waals surface area contributed by atoms with E-state index in [9.17, 15) is 0 Å². The molecule has 1 aromatic carbocycles. The molecule has 0 spiro atoms. The monoisotopic (exact) mass is 275 g/mol. The van der Waals surface area contributed by atoms with Gasteiger partial charge in [0.2, 0.25) is 0 Å². The van der Waals surface area contributed by atoms with Crippen LogP contribution < -0.4 is 5.32 Å². The molecule has 0 aliphatic carbocycles. The number of nitrogens with one attached hydrogen (secondary N) is 1. The van der Waals surface area contributed by atoms with Crippen molar-refractivity contribution in [1.82, 2.24) is 5.32 Å². The van der Waals surface area contributed by atoms with Crippen LogP contribution in [0, 0.1) is 0 Å². The average Bonchev–Trinajstić information content (AvgIpc) is 2.92. The first-order chi connectivity index (χ1) is 9.40. The first-order valence-electron chi connectivity index (χ1n) is 6.86. The molecule has 2 nitrogen and oxygen atoms in total. The van der Waals surface area contributed by atoms with E-state index in [2.05, 4.69) is 41.7 Å². The molecular formula is C16H21NOS. The smallest absolute Gasteiger partial charge is 0.0431 e. The molecular weight excluding hydrogens is 254 g/mol. The van der Waals surface area contributed by atoms with E-state index in [1.54, 1.807) is 0 Å². The molecule has 2 N–H and O–H groups in total. The molecule has 0 amide bonds. The number of hydrogen-bond donors (Lipinski definition) is 2. The zero-order valence-electron chi connectivity index (χ0n) is 11.1. The van der Waals surface area contributed by atoms with E-state index in [0.717, 1.165) is 32.4 Å². The third kappa shape index (κ3) is 4.78. The second-order valence-electron chi connectivity index (χ2n) is 4.59. The Morgan fingerprint density at radius 1 is 0.947 bits per heavy atom. The highest BCUT2D eigenvalue weighted by Gasteiger charge is 2.01. The van der Waals surface area contributed by atoms with Crippen LogP contribution in [0.2, 0.25) is 0 Å². The molecule has 0 saturated carbocycles. The van der Waals surface area contributed by atoms with E-state index < -0.39 is 0 Å². The SMILES string of the molecule is OCCCCCNCc1ccc(-c2ccccc2)s1. The Bertz CT molecular complexity index is 467. The highest BCUT2D eigenvalue weighted by atomic mass is 32.1. The Kier molecular flexibility index (Phi) is 6.08. The van der Waals surface area contributed by atoms with E-state index in [1.807, 2.05) is 17.4 Å². The molecule has 0 saturated heterocycles. The molecule has 3 heteroatoms. The molecule has 0 radical (unpaired) electrons. The number of benzene rings is 1. The molecule has 0 fully saturated rings. The summed E-state index contributed by atoms with van der Waals surface area (Å²) >= 11 is 1.85. The van der Waals surface area contributed by atoms with Gasteiger partial charge in [0.05, 0.1) is 0 Å². The average molecular weight is 275 g/mol. The predicted octanol–water partition coefficient (Wildman–Crippen LogP) is 3.67. The van der Waals surface area contributed by atoms with Crippen LogP contribution in [0.1, 0.15) is 24.1 Å². The Labute approximate surface area is 119 Å². The zero-order valence-corrected chi connectivity index (χ0v) is 12.0. The molecule has 1 heterocycles. The maximum absolute atomic E-state index is 8.69. The van der Waals surface area contributed by atoms with Crippen LogP contribution in [-0.2, 0) is 6.54 Å². The minimum absolute atomic E-state index is 0.311. The van der Waals surface area contributed by atoms with Crippen molar-refractivity contribution < 1.29 is 5.11 Å². The van der Waals surface area contributed by atoms with Crippen LogP contribution in [0.5, 0.6) is 0 Å². The van der Waals surface area contributed by atoms with Crippen molar-refractivity contribution in [3.05, 3.63) is 47.3 Å². The lowest BCUT2D eigenvalue weighted by molar-refractivity contribution is 0.283. The van der Waals surface area contributed by atoms with E-state index >= 15 is 0 Å². The van der Waals surface area contributed by atoms with Crippen molar-refractivity contribution in [3.8, 4) is 10.4 Å². The van der Waals surface area contributed by atoms with Crippen molar-refractivity contribution >= 4 is 11.3 Å². The first kappa shape index (κ1) is 14.3. The minimum Gasteiger partial charge on any atom is -0.396 e. The van der Waals surface area contributed by atoms with Crippen molar-refractivity contribution in [2.24, 2.45) is 0 Å². The lowest BCUT2D eigenvalue weighted by Crippen LogP contribution is -2.13. The molecule has 0 aliphatic rings. The summed E-state index contributed by atoms with van der Waals surface area (Å²) in [5.41, 5.74) is 1.29. The number of unbranched alkanes of at least 4 members (excludes halogenated alkanes) is 2. The highest BCUT2D eigenvalue weighted by molar-refractivity contribution is 7.15. The van der Waals surface area contributed by atoms with Crippen molar-refractivity contribution in [2.75, 3.05) is 13.2 Å². The number of rotatable bonds is 8. The fraction of sp³-hybridized carbons (Fsp3) is 0.375. The third-order valence-electron chi connectivity index (χ3n) is 3.03. The van der Waals surface area contributed by atoms with Crippen LogP contribution in [0.15, 0.2) is 42.5 Å². The van der Waals surface area contributed by atoms with Gasteiger partial charge in [0.1, 0.15) is 0 Å². The summed E-state index contributed by atoms with van der Waals surface area (Å²) in [4.78, 5) is 2.71. The Balaban J connectivity index is 1.75. The molecule has 2 aromatic rings. The summed E-state index contributed by atoms with van der Waals surface area (Å²) in [5.74, 6) is 0. The summed E-state index contributed by atoms with van der Waals surface area (Å²) in [6.45, 7) is 2.28. The van der Waals surface area contributed by atoms with Gasteiger partial charge in [-0.05, 0) is 43.5 Å². The quantitative estimate of drug-likeness (QED) is 0.721. The predicted molar refractivity (Wildman–Crippen MR) is 82.4 cm³/mol. The molecule has 2 rings (SSSR count). The van der Waals surface area contributed by atoms with Gasteiger partial charge in [0.25, 0.3) is 0 Å². The van der Waals surface area contributed by atoms with Gasteiger partial charge in [0, 0.05) is 22.9 Å². The van der Waals surface area contributed by atoms with Crippen LogP contribution in [0.25, 0.3) is 10.4 Å². The van der Waals surface area contributed by atoms with Gasteiger partial charge in [-0.2, -0.15) is 0 Å². The maximum atomic E-state index is 8.69. The molecule has 102 valence electrons. The van der Waals surface area contributed by atoms with Crippen molar-refractivity contribution in [2.45, 2.75) is 25.8 Å². The number of thiophene rings is 1. The van der Waals surface area contributed by atoms with Crippen molar-refractivity contribution in [3.63, 3.8) is 0 Å². The van der Waals surface area contributed by atoms with Gasteiger partial charge in [-0.25, -0.2) is 0 Å². The molecule has 0 unspecified atom stereocenters. The summed E-state index contributed by atoms with van der Waals surface area (Å²) in [6.07, 6.45) is 3.15. The second-order valence-corrected chi connectivity index (χ2v) is 5.76. The van der Waals surface area contributed by atoms with Gasteiger partial charge in [0.15, 0.2) is 0 Å². The highest BCUT2D eigenvalue weighted by Crippen LogP contribution is 2.27. The van der Waals surface area contributed by atoms with E-state index in [1.165, 1.54) is 15.3 Å². The van der Waals surface area contributed by atoms with Gasteiger partial charge < -0.3 is 10.4 Å². The second kappa shape index (κ2) is 8.10. The van der Waals surface area contributed by atoms with Crippen LogP contribution in [0.4, 0.5) is 0 Å². The summed E-state index contributed by atoms with van der Waals surface area (Å²) < 4.78 is 0. The minimum atomic E-state index is 0.311. The van der Waals surface area contributed by atoms with Crippen molar-refractivity contribution in [1.29, 1.82) is 0 Å². The lowest BCUT2D eigenvalue weighted by atomic mass is 10.2. The number of aliphatic hydroxyl groups excluding tert-OH is 1. The molecule has 0 atom stereocenters. The van der Waals surface area contributed by atoms with Gasteiger partial charge >= 0.3 is 0 Å². The maximum Gasteiger partial charge on any atom is 0.0431 e. The topological polar surface area (TPSA) is 32.3 Å². The third-order valence-corrected chi connectivity index (χ3v) is 4.17. The Morgan fingerprint density at radius 3 is 2.58 bits per heavy atom. The van der Waals surface area contributed by atoms with E-state index in [0.29, 0.717) is 6.61 Å². The summed E-state index contributed by atoms with van der Waals surface area (Å²) in [6, 6.07) is 14.9. The standard InChI is InChI=1S/C16H21NOS/c18-12-6-2-5-11-17-13-15-9-10-16(19-15)14-7-3-1-4-8-14/h1,3-4,7-10,17-18H,2,5-6,11-13H2. The molecule has 19 heavy (non-hydrogen) atoms. The van der Waals surface area contributed by atoms with E-state index in [4.69, 9.17) is 5.11 Å². The molecule has 0 aliphatic heterocycles. The lowest BCUT2D eigenvalue weighted by Gasteiger charge is -2.02. The summed E-state index contributed by atoms with van der Waals surface area (Å²) in [7, 11) is 0. The van der Waals surface area contributed by atoms with Gasteiger partial charge in [-0.1, -0.05) is 30.3 Å². The fourth-order valence-electron chi connectivity index (χ4n) is 1.98. The largest absolute Gasteiger partial charge is 0.396 e. The normalized spacial score (nSPS) is 10.8. The summed E-state index contributed by atoms with van der Waals surface area (Å²) in [5, 5.41) is 12.1. The van der Waals surface area contributed by atoms with Crippen LogP contribution >= 0.6 is 11.3 Å².